The Morgan fingerprint density at radius 1 is 1.21 bits per heavy atom. The molecule has 0 saturated heterocycles. The number of hydrogen-bond acceptors (Lipinski definition) is 3. The highest BCUT2D eigenvalue weighted by molar-refractivity contribution is 5.85. The van der Waals surface area contributed by atoms with E-state index in [1.807, 2.05) is 24.3 Å². The summed E-state index contributed by atoms with van der Waals surface area (Å²) in [4.78, 5) is 14.5. The average molecular weight is 257 g/mol. The maximum absolute atomic E-state index is 10.8. The van der Waals surface area contributed by atoms with E-state index in [-0.39, 0.29) is 5.69 Å². The van der Waals surface area contributed by atoms with Crippen LogP contribution >= 0.6 is 0 Å². The summed E-state index contributed by atoms with van der Waals surface area (Å²) < 4.78 is 5.60. The molecular formula is C15H15NO3. The standard InChI is InChI=1S/C15H15NO3/c1-2-3-11-4-6-12(7-5-11)19-13-8-9-16-14(10-13)15(17)18/h4-10H,2-3H2,1H3,(H,17,18). The number of carbonyl (C=O) groups is 1. The third-order valence-electron chi connectivity index (χ3n) is 2.65. The SMILES string of the molecule is CCCc1ccc(Oc2ccnc(C(=O)O)c2)cc1. The van der Waals surface area contributed by atoms with E-state index in [2.05, 4.69) is 11.9 Å². The minimum absolute atomic E-state index is 0.0277. The topological polar surface area (TPSA) is 59.4 Å². The highest BCUT2D eigenvalue weighted by Crippen LogP contribution is 2.22. The van der Waals surface area contributed by atoms with Crippen molar-refractivity contribution in [2.24, 2.45) is 0 Å². The molecule has 0 bridgehead atoms. The predicted octanol–water partition coefficient (Wildman–Crippen LogP) is 3.52. The number of carboxylic acids is 1. The van der Waals surface area contributed by atoms with E-state index in [0.717, 1.165) is 12.8 Å². The molecule has 0 amide bonds. The normalized spacial score (nSPS) is 10.2. The van der Waals surface area contributed by atoms with Crippen LogP contribution in [0.2, 0.25) is 0 Å². The fraction of sp³-hybridized carbons (Fsp3) is 0.200. The van der Waals surface area contributed by atoms with Crippen molar-refractivity contribution in [2.45, 2.75) is 19.8 Å². The number of benzene rings is 1. The molecule has 0 fully saturated rings. The summed E-state index contributed by atoms with van der Waals surface area (Å²) in [5, 5.41) is 8.85. The summed E-state index contributed by atoms with van der Waals surface area (Å²) in [7, 11) is 0. The number of aromatic nitrogens is 1. The van der Waals surface area contributed by atoms with E-state index in [1.165, 1.54) is 17.8 Å². The second kappa shape index (κ2) is 6.00. The number of aryl methyl sites for hydroxylation is 1. The van der Waals surface area contributed by atoms with Crippen molar-refractivity contribution in [3.05, 3.63) is 53.9 Å². The lowest BCUT2D eigenvalue weighted by Gasteiger charge is -2.07. The molecule has 98 valence electrons. The van der Waals surface area contributed by atoms with Crippen molar-refractivity contribution < 1.29 is 14.6 Å². The molecular weight excluding hydrogens is 242 g/mol. The Morgan fingerprint density at radius 3 is 2.58 bits per heavy atom. The number of rotatable bonds is 5. The summed E-state index contributed by atoms with van der Waals surface area (Å²) in [6.07, 6.45) is 3.56. The van der Waals surface area contributed by atoms with Crippen molar-refractivity contribution in [1.82, 2.24) is 4.98 Å². The first-order valence-corrected chi connectivity index (χ1v) is 6.15. The van der Waals surface area contributed by atoms with Crippen LogP contribution < -0.4 is 4.74 Å². The second-order valence-electron chi connectivity index (χ2n) is 4.18. The van der Waals surface area contributed by atoms with E-state index in [1.54, 1.807) is 6.07 Å². The molecule has 1 heterocycles. The van der Waals surface area contributed by atoms with Gasteiger partial charge in [-0.1, -0.05) is 25.5 Å². The molecule has 19 heavy (non-hydrogen) atoms. The lowest BCUT2D eigenvalue weighted by Crippen LogP contribution is -1.99. The first kappa shape index (κ1) is 13.1. The molecule has 1 N–H and O–H groups in total. The molecule has 0 atom stereocenters. The van der Waals surface area contributed by atoms with Gasteiger partial charge in [-0.25, -0.2) is 9.78 Å². The number of ether oxygens (including phenoxy) is 1. The summed E-state index contributed by atoms with van der Waals surface area (Å²) in [5.74, 6) is 0.0850. The average Bonchev–Trinajstić information content (AvgIpc) is 2.42. The number of aromatic carboxylic acids is 1. The smallest absolute Gasteiger partial charge is 0.354 e. The third kappa shape index (κ3) is 3.55. The van der Waals surface area contributed by atoms with Gasteiger partial charge < -0.3 is 9.84 Å². The Balaban J connectivity index is 2.12. The molecule has 0 spiro atoms. The van der Waals surface area contributed by atoms with Gasteiger partial charge in [0.15, 0.2) is 5.69 Å². The Kier molecular flexibility index (Phi) is 4.13. The maximum atomic E-state index is 10.8. The van der Waals surface area contributed by atoms with Crippen LogP contribution in [-0.2, 0) is 6.42 Å². The maximum Gasteiger partial charge on any atom is 0.354 e. The predicted molar refractivity (Wildman–Crippen MR) is 71.7 cm³/mol. The van der Waals surface area contributed by atoms with Crippen LogP contribution in [0.25, 0.3) is 0 Å². The van der Waals surface area contributed by atoms with Gasteiger partial charge >= 0.3 is 5.97 Å². The fourth-order valence-corrected chi connectivity index (χ4v) is 1.74. The van der Waals surface area contributed by atoms with Crippen molar-refractivity contribution >= 4 is 5.97 Å². The second-order valence-corrected chi connectivity index (χ2v) is 4.18. The number of hydrogen-bond donors (Lipinski definition) is 1. The number of pyridine rings is 1. The van der Waals surface area contributed by atoms with Crippen LogP contribution in [-0.4, -0.2) is 16.1 Å². The van der Waals surface area contributed by atoms with E-state index < -0.39 is 5.97 Å². The molecule has 0 unspecified atom stereocenters. The van der Waals surface area contributed by atoms with Crippen LogP contribution in [0.15, 0.2) is 42.6 Å². The molecule has 0 aliphatic heterocycles. The Hall–Kier alpha value is -2.36. The van der Waals surface area contributed by atoms with Gasteiger partial charge in [0.2, 0.25) is 0 Å². The summed E-state index contributed by atoms with van der Waals surface area (Å²) in [6.45, 7) is 2.13. The van der Waals surface area contributed by atoms with Crippen LogP contribution in [0, 0.1) is 0 Å². The molecule has 4 heteroatoms. The molecule has 2 rings (SSSR count). The Bertz CT molecular complexity index is 564. The van der Waals surface area contributed by atoms with Gasteiger partial charge in [0, 0.05) is 12.3 Å². The highest BCUT2D eigenvalue weighted by Gasteiger charge is 2.06. The third-order valence-corrected chi connectivity index (χ3v) is 2.65. The minimum Gasteiger partial charge on any atom is -0.477 e. The number of carboxylic acid groups (broad SMARTS) is 1. The van der Waals surface area contributed by atoms with Crippen molar-refractivity contribution in [3.8, 4) is 11.5 Å². The van der Waals surface area contributed by atoms with Crippen LogP contribution in [0.5, 0.6) is 11.5 Å². The van der Waals surface area contributed by atoms with Crippen LogP contribution in [0.1, 0.15) is 29.4 Å². The molecule has 1 aromatic carbocycles. The van der Waals surface area contributed by atoms with Gasteiger partial charge in [0.05, 0.1) is 0 Å². The molecule has 2 aromatic rings. The zero-order valence-electron chi connectivity index (χ0n) is 10.7. The van der Waals surface area contributed by atoms with Gasteiger partial charge in [-0.2, -0.15) is 0 Å². The molecule has 0 radical (unpaired) electrons. The zero-order chi connectivity index (χ0) is 13.7. The molecule has 1 aromatic heterocycles. The molecule has 0 saturated carbocycles. The van der Waals surface area contributed by atoms with Gasteiger partial charge in [-0.3, -0.25) is 0 Å². The Labute approximate surface area is 111 Å². The highest BCUT2D eigenvalue weighted by atomic mass is 16.5. The summed E-state index contributed by atoms with van der Waals surface area (Å²) in [5.41, 5.74) is 1.23. The van der Waals surface area contributed by atoms with Gasteiger partial charge in [0.1, 0.15) is 11.5 Å². The molecule has 0 aliphatic carbocycles. The zero-order valence-corrected chi connectivity index (χ0v) is 10.7. The van der Waals surface area contributed by atoms with E-state index >= 15 is 0 Å². The summed E-state index contributed by atoms with van der Waals surface area (Å²) in [6, 6.07) is 10.8. The van der Waals surface area contributed by atoms with E-state index in [0.29, 0.717) is 11.5 Å². The first-order chi connectivity index (χ1) is 9.19. The molecule has 0 aliphatic rings. The van der Waals surface area contributed by atoms with Crippen molar-refractivity contribution in [3.63, 3.8) is 0 Å². The van der Waals surface area contributed by atoms with Crippen LogP contribution in [0.4, 0.5) is 0 Å². The minimum atomic E-state index is -1.07. The molecule has 4 nitrogen and oxygen atoms in total. The lowest BCUT2D eigenvalue weighted by molar-refractivity contribution is 0.0690. The Morgan fingerprint density at radius 2 is 1.95 bits per heavy atom. The van der Waals surface area contributed by atoms with Gasteiger partial charge in [-0.15, -0.1) is 0 Å². The first-order valence-electron chi connectivity index (χ1n) is 6.15. The van der Waals surface area contributed by atoms with Crippen molar-refractivity contribution in [1.29, 1.82) is 0 Å². The summed E-state index contributed by atoms with van der Waals surface area (Å²) >= 11 is 0. The quantitative estimate of drug-likeness (QED) is 0.890. The van der Waals surface area contributed by atoms with Crippen LogP contribution in [0.3, 0.4) is 0 Å². The number of nitrogens with zero attached hydrogens (tertiary/aromatic N) is 1. The van der Waals surface area contributed by atoms with E-state index in [4.69, 9.17) is 9.84 Å². The fourth-order valence-electron chi connectivity index (χ4n) is 1.74. The van der Waals surface area contributed by atoms with Gasteiger partial charge in [-0.05, 0) is 30.2 Å². The van der Waals surface area contributed by atoms with Gasteiger partial charge in [0.25, 0.3) is 0 Å². The van der Waals surface area contributed by atoms with Crippen molar-refractivity contribution in [2.75, 3.05) is 0 Å². The largest absolute Gasteiger partial charge is 0.477 e. The monoisotopic (exact) mass is 257 g/mol. The lowest BCUT2D eigenvalue weighted by atomic mass is 10.1. The van der Waals surface area contributed by atoms with E-state index in [9.17, 15) is 4.79 Å².